The Morgan fingerprint density at radius 1 is 0.966 bits per heavy atom. The van der Waals surface area contributed by atoms with E-state index in [4.69, 9.17) is 9.47 Å². The van der Waals surface area contributed by atoms with Gasteiger partial charge in [0.2, 0.25) is 5.90 Å². The highest BCUT2D eigenvalue weighted by Gasteiger charge is 2.24. The largest absolute Gasteiger partial charge is 0.488 e. The summed E-state index contributed by atoms with van der Waals surface area (Å²) in [6.07, 6.45) is 1.52. The Balaban J connectivity index is 1.59. The van der Waals surface area contributed by atoms with Crippen molar-refractivity contribution >= 4 is 17.9 Å². The summed E-state index contributed by atoms with van der Waals surface area (Å²) in [4.78, 5) is 16.4. The molecule has 4 rings (SSSR count). The Kier molecular flexibility index (Phi) is 5.16. The molecule has 0 saturated carbocycles. The predicted molar refractivity (Wildman–Crippen MR) is 104 cm³/mol. The van der Waals surface area contributed by atoms with E-state index in [1.54, 1.807) is 48.5 Å². The van der Waals surface area contributed by atoms with Crippen LogP contribution in [0.2, 0.25) is 0 Å². The van der Waals surface area contributed by atoms with Gasteiger partial charge in [-0.3, -0.25) is 0 Å². The van der Waals surface area contributed by atoms with Gasteiger partial charge in [0, 0.05) is 16.7 Å². The number of para-hydroxylation sites is 1. The summed E-state index contributed by atoms with van der Waals surface area (Å²) in [5, 5.41) is 0. The van der Waals surface area contributed by atoms with Crippen molar-refractivity contribution in [3.63, 3.8) is 0 Å². The lowest BCUT2D eigenvalue weighted by Crippen LogP contribution is -2.05. The molecule has 0 aliphatic carbocycles. The SMILES string of the molecule is O=C1OC(c2cccc(F)c2)=NC1=Cc1ccccc1OCc1ccccc1F. The maximum Gasteiger partial charge on any atom is 0.363 e. The van der Waals surface area contributed by atoms with E-state index in [0.29, 0.717) is 22.4 Å². The molecule has 6 heteroatoms. The third kappa shape index (κ3) is 4.21. The Morgan fingerprint density at radius 2 is 1.76 bits per heavy atom. The zero-order valence-corrected chi connectivity index (χ0v) is 15.1. The molecular weight excluding hydrogens is 376 g/mol. The second-order valence-electron chi connectivity index (χ2n) is 6.26. The first kappa shape index (κ1) is 18.6. The van der Waals surface area contributed by atoms with Crippen molar-refractivity contribution in [1.82, 2.24) is 0 Å². The average Bonchev–Trinajstić information content (AvgIpc) is 3.09. The fourth-order valence-electron chi connectivity index (χ4n) is 2.80. The van der Waals surface area contributed by atoms with Gasteiger partial charge in [0.05, 0.1) is 0 Å². The predicted octanol–water partition coefficient (Wildman–Crippen LogP) is 4.89. The molecule has 0 unspecified atom stereocenters. The number of carbonyl (C=O) groups is 1. The Labute approximate surface area is 165 Å². The van der Waals surface area contributed by atoms with Gasteiger partial charge in [0.25, 0.3) is 0 Å². The Hall–Kier alpha value is -3.80. The van der Waals surface area contributed by atoms with Gasteiger partial charge in [-0.15, -0.1) is 0 Å². The zero-order chi connectivity index (χ0) is 20.2. The number of cyclic esters (lactones) is 1. The molecule has 144 valence electrons. The molecule has 0 spiro atoms. The molecule has 0 saturated heterocycles. The molecule has 0 radical (unpaired) electrons. The maximum atomic E-state index is 13.8. The number of hydrogen-bond donors (Lipinski definition) is 0. The lowest BCUT2D eigenvalue weighted by molar-refractivity contribution is -0.129. The average molecular weight is 391 g/mol. The number of aliphatic imine (C=N–C) groups is 1. The molecule has 1 heterocycles. The second-order valence-corrected chi connectivity index (χ2v) is 6.26. The van der Waals surface area contributed by atoms with Crippen LogP contribution in [0.5, 0.6) is 5.75 Å². The molecule has 3 aromatic rings. The maximum absolute atomic E-state index is 13.8. The van der Waals surface area contributed by atoms with Gasteiger partial charge >= 0.3 is 5.97 Å². The fourth-order valence-corrected chi connectivity index (χ4v) is 2.80. The van der Waals surface area contributed by atoms with Gasteiger partial charge in [-0.1, -0.05) is 42.5 Å². The number of ether oxygens (including phenoxy) is 2. The minimum absolute atomic E-state index is 0.0329. The van der Waals surface area contributed by atoms with E-state index in [2.05, 4.69) is 4.99 Å². The van der Waals surface area contributed by atoms with Gasteiger partial charge in [-0.2, -0.15) is 0 Å². The van der Waals surface area contributed by atoms with Crippen LogP contribution in [0.15, 0.2) is 83.5 Å². The van der Waals surface area contributed by atoms with Crippen molar-refractivity contribution in [2.75, 3.05) is 0 Å². The minimum Gasteiger partial charge on any atom is -0.488 e. The molecule has 0 amide bonds. The van der Waals surface area contributed by atoms with Crippen molar-refractivity contribution in [3.05, 3.63) is 107 Å². The molecule has 4 nitrogen and oxygen atoms in total. The highest BCUT2D eigenvalue weighted by molar-refractivity contribution is 6.12. The van der Waals surface area contributed by atoms with E-state index in [9.17, 15) is 13.6 Å². The van der Waals surface area contributed by atoms with Crippen LogP contribution in [0, 0.1) is 11.6 Å². The summed E-state index contributed by atoms with van der Waals surface area (Å²) in [6.45, 7) is 0.0368. The van der Waals surface area contributed by atoms with Crippen molar-refractivity contribution < 1.29 is 23.0 Å². The van der Waals surface area contributed by atoms with Crippen LogP contribution in [0.25, 0.3) is 6.08 Å². The van der Waals surface area contributed by atoms with Crippen molar-refractivity contribution in [2.45, 2.75) is 6.61 Å². The third-order valence-electron chi connectivity index (χ3n) is 4.24. The van der Waals surface area contributed by atoms with Crippen LogP contribution in [0.1, 0.15) is 16.7 Å². The highest BCUT2D eigenvalue weighted by Crippen LogP contribution is 2.26. The van der Waals surface area contributed by atoms with Gasteiger partial charge in [-0.25, -0.2) is 18.6 Å². The quantitative estimate of drug-likeness (QED) is 0.460. The van der Waals surface area contributed by atoms with E-state index in [0.717, 1.165) is 0 Å². The lowest BCUT2D eigenvalue weighted by atomic mass is 10.1. The van der Waals surface area contributed by atoms with Crippen LogP contribution in [-0.4, -0.2) is 11.9 Å². The summed E-state index contributed by atoms with van der Waals surface area (Å²) in [5.74, 6) is -0.957. The number of rotatable bonds is 5. The van der Waals surface area contributed by atoms with E-state index < -0.39 is 11.8 Å². The van der Waals surface area contributed by atoms with Crippen LogP contribution in [0.3, 0.4) is 0 Å². The first-order valence-electron chi connectivity index (χ1n) is 8.84. The van der Waals surface area contributed by atoms with E-state index in [1.165, 1.54) is 30.3 Å². The molecular formula is C23H15F2NO3. The number of benzene rings is 3. The molecule has 0 aromatic heterocycles. The topological polar surface area (TPSA) is 47.9 Å². The van der Waals surface area contributed by atoms with Crippen molar-refractivity contribution in [2.24, 2.45) is 4.99 Å². The van der Waals surface area contributed by atoms with Gasteiger partial charge in [0.1, 0.15) is 24.0 Å². The second kappa shape index (κ2) is 8.06. The number of halogens is 2. The van der Waals surface area contributed by atoms with E-state index in [-0.39, 0.29) is 24.0 Å². The first-order valence-corrected chi connectivity index (χ1v) is 8.84. The van der Waals surface area contributed by atoms with E-state index >= 15 is 0 Å². The van der Waals surface area contributed by atoms with Gasteiger partial charge in [0.15, 0.2) is 5.70 Å². The summed E-state index contributed by atoms with van der Waals surface area (Å²) in [5.41, 5.74) is 1.43. The molecule has 29 heavy (non-hydrogen) atoms. The number of esters is 1. The smallest absolute Gasteiger partial charge is 0.363 e. The minimum atomic E-state index is -0.645. The normalized spacial score (nSPS) is 14.6. The van der Waals surface area contributed by atoms with Gasteiger partial charge in [-0.05, 0) is 36.4 Å². The highest BCUT2D eigenvalue weighted by atomic mass is 19.1. The number of nitrogens with zero attached hydrogens (tertiary/aromatic N) is 1. The first-order chi connectivity index (χ1) is 14.1. The molecule has 0 N–H and O–H groups in total. The Morgan fingerprint density at radius 3 is 2.59 bits per heavy atom. The monoisotopic (exact) mass is 391 g/mol. The van der Waals surface area contributed by atoms with Crippen LogP contribution in [-0.2, 0) is 16.1 Å². The molecule has 1 aliphatic heterocycles. The van der Waals surface area contributed by atoms with Gasteiger partial charge < -0.3 is 9.47 Å². The van der Waals surface area contributed by atoms with Crippen LogP contribution >= 0.6 is 0 Å². The van der Waals surface area contributed by atoms with Crippen LogP contribution < -0.4 is 4.74 Å². The molecule has 3 aromatic carbocycles. The molecule has 1 aliphatic rings. The third-order valence-corrected chi connectivity index (χ3v) is 4.24. The molecule has 0 bridgehead atoms. The Bertz CT molecular complexity index is 1140. The summed E-state index contributed by atoms with van der Waals surface area (Å²) >= 11 is 0. The molecule has 0 fully saturated rings. The summed E-state index contributed by atoms with van der Waals surface area (Å²) < 4.78 is 38.1. The molecule has 0 atom stereocenters. The zero-order valence-electron chi connectivity index (χ0n) is 15.1. The fraction of sp³-hybridized carbons (Fsp3) is 0.0435. The number of carbonyl (C=O) groups excluding carboxylic acids is 1. The lowest BCUT2D eigenvalue weighted by Gasteiger charge is -2.10. The van der Waals surface area contributed by atoms with Crippen molar-refractivity contribution in [3.8, 4) is 5.75 Å². The van der Waals surface area contributed by atoms with Crippen LogP contribution in [0.4, 0.5) is 8.78 Å². The van der Waals surface area contributed by atoms with E-state index in [1.807, 2.05) is 0 Å². The standard InChI is InChI=1S/C23H15F2NO3/c24-18-9-5-8-16(12-18)22-26-20(23(27)29-22)13-15-6-2-4-11-21(15)28-14-17-7-1-3-10-19(17)25/h1-13H,14H2. The summed E-state index contributed by atoms with van der Waals surface area (Å²) in [6, 6.07) is 19.0. The van der Waals surface area contributed by atoms with Crippen molar-refractivity contribution in [1.29, 1.82) is 0 Å². The summed E-state index contributed by atoms with van der Waals surface area (Å²) in [7, 11) is 0. The number of hydrogen-bond acceptors (Lipinski definition) is 4.